The van der Waals surface area contributed by atoms with E-state index in [0.29, 0.717) is 11.3 Å². The van der Waals surface area contributed by atoms with Gasteiger partial charge in [0.15, 0.2) is 0 Å². The van der Waals surface area contributed by atoms with Crippen molar-refractivity contribution < 1.29 is 4.74 Å². The zero-order chi connectivity index (χ0) is 14.5. The molecule has 3 nitrogen and oxygen atoms in total. The Morgan fingerprint density at radius 2 is 1.90 bits per heavy atom. The molecular formula is C16H15IN2O. The number of nitriles is 1. The molecule has 0 spiro atoms. The van der Waals surface area contributed by atoms with Crippen LogP contribution in [-0.2, 0) is 0 Å². The minimum absolute atomic E-state index is 0.161. The average molecular weight is 378 g/mol. The Balaban J connectivity index is 2.21. The smallest absolute Gasteiger partial charge is 0.143 e. The standard InChI is InChI=1S/C16H15IN2O/c1-11(13-4-6-14(17)7-5-13)19-15-8-3-12(10-18)9-16(15)20-2/h3-9,11,19H,1-2H3. The van der Waals surface area contributed by atoms with Crippen LogP contribution in [0.3, 0.4) is 0 Å². The molecule has 1 N–H and O–H groups in total. The van der Waals surface area contributed by atoms with Crippen molar-refractivity contribution in [3.05, 3.63) is 57.2 Å². The maximum absolute atomic E-state index is 8.91. The molecule has 0 aliphatic heterocycles. The van der Waals surface area contributed by atoms with Gasteiger partial charge >= 0.3 is 0 Å². The molecule has 0 bridgehead atoms. The second kappa shape index (κ2) is 6.62. The number of benzene rings is 2. The Kier molecular flexibility index (Phi) is 4.85. The summed E-state index contributed by atoms with van der Waals surface area (Å²) in [6, 6.07) is 16.1. The van der Waals surface area contributed by atoms with Crippen molar-refractivity contribution in [2.24, 2.45) is 0 Å². The summed E-state index contributed by atoms with van der Waals surface area (Å²) in [5.74, 6) is 0.682. The molecule has 2 aromatic rings. The lowest BCUT2D eigenvalue weighted by Gasteiger charge is -2.18. The lowest BCUT2D eigenvalue weighted by molar-refractivity contribution is 0.416. The number of hydrogen-bond acceptors (Lipinski definition) is 3. The Morgan fingerprint density at radius 3 is 2.50 bits per heavy atom. The van der Waals surface area contributed by atoms with Gasteiger partial charge in [0.1, 0.15) is 5.75 Å². The van der Waals surface area contributed by atoms with E-state index in [1.54, 1.807) is 19.2 Å². The van der Waals surface area contributed by atoms with Gasteiger partial charge in [0.2, 0.25) is 0 Å². The molecule has 1 atom stereocenters. The molecule has 1 unspecified atom stereocenters. The second-order valence-electron chi connectivity index (χ2n) is 4.44. The van der Waals surface area contributed by atoms with Crippen molar-refractivity contribution in [1.29, 1.82) is 5.26 Å². The van der Waals surface area contributed by atoms with Gasteiger partial charge in [0.25, 0.3) is 0 Å². The fourth-order valence-corrected chi connectivity index (χ4v) is 2.31. The molecule has 0 aromatic heterocycles. The molecule has 0 aliphatic rings. The van der Waals surface area contributed by atoms with Crippen molar-refractivity contribution in [1.82, 2.24) is 0 Å². The summed E-state index contributed by atoms with van der Waals surface area (Å²) in [6.45, 7) is 2.10. The van der Waals surface area contributed by atoms with Gasteiger partial charge in [-0.2, -0.15) is 5.26 Å². The molecule has 0 radical (unpaired) electrons. The van der Waals surface area contributed by atoms with E-state index in [1.807, 2.05) is 6.07 Å². The lowest BCUT2D eigenvalue weighted by Crippen LogP contribution is -2.07. The van der Waals surface area contributed by atoms with Crippen molar-refractivity contribution in [2.75, 3.05) is 12.4 Å². The van der Waals surface area contributed by atoms with Crippen molar-refractivity contribution in [2.45, 2.75) is 13.0 Å². The lowest BCUT2D eigenvalue weighted by atomic mass is 10.1. The van der Waals surface area contributed by atoms with Crippen LogP contribution < -0.4 is 10.1 Å². The van der Waals surface area contributed by atoms with Gasteiger partial charge in [-0.1, -0.05) is 12.1 Å². The van der Waals surface area contributed by atoms with E-state index >= 15 is 0 Å². The third-order valence-electron chi connectivity index (χ3n) is 3.07. The minimum Gasteiger partial charge on any atom is -0.495 e. The number of nitrogens with zero attached hydrogens (tertiary/aromatic N) is 1. The predicted octanol–water partition coefficient (Wildman–Crippen LogP) is 4.34. The summed E-state index contributed by atoms with van der Waals surface area (Å²) in [4.78, 5) is 0. The van der Waals surface area contributed by atoms with Crippen LogP contribution in [0, 0.1) is 14.9 Å². The fraction of sp³-hybridized carbons (Fsp3) is 0.188. The third-order valence-corrected chi connectivity index (χ3v) is 3.79. The second-order valence-corrected chi connectivity index (χ2v) is 5.69. The number of methoxy groups -OCH3 is 1. The molecule has 0 saturated carbocycles. The topological polar surface area (TPSA) is 45.0 Å². The largest absolute Gasteiger partial charge is 0.495 e. The molecule has 20 heavy (non-hydrogen) atoms. The Hall–Kier alpha value is -1.74. The predicted molar refractivity (Wildman–Crippen MR) is 88.9 cm³/mol. The van der Waals surface area contributed by atoms with Crippen molar-refractivity contribution >= 4 is 28.3 Å². The first-order valence-electron chi connectivity index (χ1n) is 6.24. The van der Waals surface area contributed by atoms with Gasteiger partial charge in [-0.25, -0.2) is 0 Å². The number of nitrogens with one attached hydrogen (secondary N) is 1. The van der Waals surface area contributed by atoms with Crippen LogP contribution in [0.2, 0.25) is 0 Å². The summed E-state index contributed by atoms with van der Waals surface area (Å²) in [7, 11) is 1.61. The van der Waals surface area contributed by atoms with Gasteiger partial charge in [0.05, 0.1) is 24.4 Å². The van der Waals surface area contributed by atoms with Crippen LogP contribution in [0.25, 0.3) is 0 Å². The maximum Gasteiger partial charge on any atom is 0.143 e. The molecule has 2 rings (SSSR count). The molecule has 0 saturated heterocycles. The van der Waals surface area contributed by atoms with Gasteiger partial charge < -0.3 is 10.1 Å². The summed E-state index contributed by atoms with van der Waals surface area (Å²) < 4.78 is 6.55. The first-order chi connectivity index (χ1) is 9.63. The highest BCUT2D eigenvalue weighted by molar-refractivity contribution is 14.1. The maximum atomic E-state index is 8.91. The quantitative estimate of drug-likeness (QED) is 0.805. The summed E-state index contributed by atoms with van der Waals surface area (Å²) in [5, 5.41) is 12.3. The van der Waals surface area contributed by atoms with Crippen LogP contribution in [0.1, 0.15) is 24.1 Å². The summed E-state index contributed by atoms with van der Waals surface area (Å²) in [6.07, 6.45) is 0. The molecule has 102 valence electrons. The number of rotatable bonds is 4. The van der Waals surface area contributed by atoms with Crippen LogP contribution in [0.15, 0.2) is 42.5 Å². The average Bonchev–Trinajstić information content (AvgIpc) is 2.48. The Bertz CT molecular complexity index is 632. The van der Waals surface area contributed by atoms with Gasteiger partial charge in [-0.3, -0.25) is 0 Å². The molecule has 0 amide bonds. The normalized spacial score (nSPS) is 11.5. The molecule has 4 heteroatoms. The van der Waals surface area contributed by atoms with Crippen molar-refractivity contribution in [3.63, 3.8) is 0 Å². The van der Waals surface area contributed by atoms with E-state index in [0.717, 1.165) is 5.69 Å². The van der Waals surface area contributed by atoms with Gasteiger partial charge in [0, 0.05) is 15.7 Å². The van der Waals surface area contributed by atoms with Crippen LogP contribution >= 0.6 is 22.6 Å². The highest BCUT2D eigenvalue weighted by Gasteiger charge is 2.09. The minimum atomic E-state index is 0.161. The SMILES string of the molecule is COc1cc(C#N)ccc1NC(C)c1ccc(I)cc1. The van der Waals surface area contributed by atoms with E-state index in [1.165, 1.54) is 9.13 Å². The zero-order valence-corrected chi connectivity index (χ0v) is 13.5. The van der Waals surface area contributed by atoms with E-state index in [2.05, 4.69) is 65.2 Å². The Morgan fingerprint density at radius 1 is 1.20 bits per heavy atom. The van der Waals surface area contributed by atoms with Gasteiger partial charge in [-0.05, 0) is 59.3 Å². The van der Waals surface area contributed by atoms with E-state index in [4.69, 9.17) is 10.00 Å². The molecule has 0 heterocycles. The summed E-state index contributed by atoms with van der Waals surface area (Å²) >= 11 is 2.29. The van der Waals surface area contributed by atoms with E-state index in [-0.39, 0.29) is 6.04 Å². The van der Waals surface area contributed by atoms with Crippen LogP contribution in [0.5, 0.6) is 5.75 Å². The monoisotopic (exact) mass is 378 g/mol. The fourth-order valence-electron chi connectivity index (χ4n) is 1.95. The third kappa shape index (κ3) is 3.42. The molecule has 0 aliphatic carbocycles. The number of hydrogen-bond donors (Lipinski definition) is 1. The number of anilines is 1. The first kappa shape index (κ1) is 14.7. The van der Waals surface area contributed by atoms with Crippen LogP contribution in [0.4, 0.5) is 5.69 Å². The highest BCUT2D eigenvalue weighted by Crippen LogP contribution is 2.29. The number of halogens is 1. The highest BCUT2D eigenvalue weighted by atomic mass is 127. The van der Waals surface area contributed by atoms with Gasteiger partial charge in [-0.15, -0.1) is 0 Å². The first-order valence-corrected chi connectivity index (χ1v) is 7.32. The molecular weight excluding hydrogens is 363 g/mol. The summed E-state index contributed by atoms with van der Waals surface area (Å²) in [5.41, 5.74) is 2.68. The Labute approximate surface area is 132 Å². The van der Waals surface area contributed by atoms with Crippen LogP contribution in [-0.4, -0.2) is 7.11 Å². The molecule has 2 aromatic carbocycles. The molecule has 0 fully saturated rings. The van der Waals surface area contributed by atoms with Crippen molar-refractivity contribution in [3.8, 4) is 11.8 Å². The van der Waals surface area contributed by atoms with E-state index < -0.39 is 0 Å². The van der Waals surface area contributed by atoms with E-state index in [9.17, 15) is 0 Å². The zero-order valence-electron chi connectivity index (χ0n) is 11.4. The number of ether oxygens (including phenoxy) is 1.